The highest BCUT2D eigenvalue weighted by atomic mass is 16.5. The van der Waals surface area contributed by atoms with Crippen molar-refractivity contribution in [1.29, 1.82) is 0 Å². The summed E-state index contributed by atoms with van der Waals surface area (Å²) in [5.41, 5.74) is 1.87. The number of carbonyl (C=O) groups is 1. The number of benzene rings is 1. The Bertz CT molecular complexity index is 616. The van der Waals surface area contributed by atoms with E-state index in [1.165, 1.54) is 7.11 Å². The van der Waals surface area contributed by atoms with Gasteiger partial charge in [-0.25, -0.2) is 4.79 Å². The lowest BCUT2D eigenvalue weighted by Crippen LogP contribution is -2.33. The molecule has 0 saturated carbocycles. The highest BCUT2D eigenvalue weighted by molar-refractivity contribution is 5.77. The van der Waals surface area contributed by atoms with Crippen molar-refractivity contribution in [2.75, 3.05) is 20.7 Å². The Morgan fingerprint density at radius 3 is 2.68 bits per heavy atom. The summed E-state index contributed by atoms with van der Waals surface area (Å²) in [5.74, 6) is -0.211. The third-order valence-electron chi connectivity index (χ3n) is 3.55. The van der Waals surface area contributed by atoms with Gasteiger partial charge in [0.25, 0.3) is 0 Å². The van der Waals surface area contributed by atoms with E-state index in [9.17, 15) is 9.90 Å². The van der Waals surface area contributed by atoms with Crippen molar-refractivity contribution in [3.8, 4) is 5.75 Å². The van der Waals surface area contributed by atoms with Crippen LogP contribution in [0, 0.1) is 0 Å². The Labute approximate surface area is 130 Å². The summed E-state index contributed by atoms with van der Waals surface area (Å²) in [5, 5.41) is 9.63. The number of methoxy groups -OCH3 is 1. The molecular formula is C17H20N2O3. The lowest BCUT2D eigenvalue weighted by molar-refractivity contribution is -0.146. The van der Waals surface area contributed by atoms with Crippen LogP contribution in [0.2, 0.25) is 0 Å². The standard InChI is InChI=1S/C17H20N2O3/c1-19(11-8-13-6-9-18-10-7-13)16(17(21)22-2)14-4-3-5-15(20)12-14/h3-7,9-10,12,16,20H,8,11H2,1-2H3/t16-/m1/s1. The molecule has 1 N–H and O–H groups in total. The molecule has 0 fully saturated rings. The van der Waals surface area contributed by atoms with Gasteiger partial charge in [0.2, 0.25) is 0 Å². The van der Waals surface area contributed by atoms with Crippen LogP contribution >= 0.6 is 0 Å². The molecule has 1 aromatic carbocycles. The number of likely N-dealkylation sites (N-methyl/N-ethyl adjacent to an activating group) is 1. The summed E-state index contributed by atoms with van der Waals surface area (Å²) in [6.07, 6.45) is 4.30. The van der Waals surface area contributed by atoms with Crippen molar-refractivity contribution in [2.24, 2.45) is 0 Å². The Kier molecular flexibility index (Phi) is 5.49. The van der Waals surface area contributed by atoms with Crippen molar-refractivity contribution in [1.82, 2.24) is 9.88 Å². The summed E-state index contributed by atoms with van der Waals surface area (Å²) >= 11 is 0. The minimum Gasteiger partial charge on any atom is -0.508 e. The van der Waals surface area contributed by atoms with Gasteiger partial charge >= 0.3 is 5.97 Å². The predicted molar refractivity (Wildman–Crippen MR) is 83.4 cm³/mol. The summed E-state index contributed by atoms with van der Waals surface area (Å²) in [7, 11) is 3.24. The molecule has 0 unspecified atom stereocenters. The molecule has 0 aliphatic carbocycles. The third kappa shape index (κ3) is 4.05. The normalized spacial score (nSPS) is 12.1. The topological polar surface area (TPSA) is 62.7 Å². The van der Waals surface area contributed by atoms with Gasteiger partial charge < -0.3 is 9.84 Å². The number of aromatic nitrogens is 1. The van der Waals surface area contributed by atoms with E-state index in [-0.39, 0.29) is 11.7 Å². The fourth-order valence-electron chi connectivity index (χ4n) is 2.36. The molecule has 2 aromatic rings. The highest BCUT2D eigenvalue weighted by Crippen LogP contribution is 2.24. The first-order chi connectivity index (χ1) is 10.6. The monoisotopic (exact) mass is 300 g/mol. The zero-order chi connectivity index (χ0) is 15.9. The summed E-state index contributed by atoms with van der Waals surface area (Å²) in [6, 6.07) is 10.1. The molecule has 0 saturated heterocycles. The van der Waals surface area contributed by atoms with Gasteiger partial charge in [0.1, 0.15) is 11.8 Å². The van der Waals surface area contributed by atoms with Crippen LogP contribution in [0.1, 0.15) is 17.2 Å². The molecule has 5 heteroatoms. The molecule has 22 heavy (non-hydrogen) atoms. The first-order valence-corrected chi connectivity index (χ1v) is 7.07. The van der Waals surface area contributed by atoms with Crippen LogP contribution in [0.4, 0.5) is 0 Å². The minimum absolute atomic E-state index is 0.133. The molecule has 1 atom stereocenters. The zero-order valence-corrected chi connectivity index (χ0v) is 12.8. The number of nitrogens with zero attached hydrogens (tertiary/aromatic N) is 2. The summed E-state index contributed by atoms with van der Waals surface area (Å²) in [4.78, 5) is 18.0. The van der Waals surface area contributed by atoms with Crippen molar-refractivity contribution in [3.63, 3.8) is 0 Å². The fraction of sp³-hybridized carbons (Fsp3) is 0.294. The van der Waals surface area contributed by atoms with Crippen LogP contribution in [0.5, 0.6) is 5.75 Å². The predicted octanol–water partition coefficient (Wildman–Crippen LogP) is 2.18. The van der Waals surface area contributed by atoms with E-state index in [2.05, 4.69) is 4.98 Å². The number of hydrogen-bond acceptors (Lipinski definition) is 5. The molecule has 1 heterocycles. The number of aromatic hydroxyl groups is 1. The number of esters is 1. The SMILES string of the molecule is COC(=O)[C@@H](c1cccc(O)c1)N(C)CCc1ccncc1. The van der Waals surface area contributed by atoms with Crippen LogP contribution < -0.4 is 0 Å². The van der Waals surface area contributed by atoms with Gasteiger partial charge in [-0.15, -0.1) is 0 Å². The van der Waals surface area contributed by atoms with Gasteiger partial charge in [0, 0.05) is 18.9 Å². The second-order valence-electron chi connectivity index (χ2n) is 5.11. The molecule has 0 radical (unpaired) electrons. The Morgan fingerprint density at radius 1 is 1.32 bits per heavy atom. The lowest BCUT2D eigenvalue weighted by atomic mass is 10.0. The van der Waals surface area contributed by atoms with Gasteiger partial charge in [-0.3, -0.25) is 9.88 Å². The van der Waals surface area contributed by atoms with Crippen LogP contribution in [-0.2, 0) is 16.0 Å². The van der Waals surface area contributed by atoms with Crippen LogP contribution in [0.3, 0.4) is 0 Å². The lowest BCUT2D eigenvalue weighted by Gasteiger charge is -2.26. The highest BCUT2D eigenvalue weighted by Gasteiger charge is 2.26. The average molecular weight is 300 g/mol. The van der Waals surface area contributed by atoms with E-state index in [1.807, 2.05) is 30.1 Å². The molecule has 0 spiro atoms. The van der Waals surface area contributed by atoms with Crippen molar-refractivity contribution in [2.45, 2.75) is 12.5 Å². The Morgan fingerprint density at radius 2 is 2.05 bits per heavy atom. The second-order valence-corrected chi connectivity index (χ2v) is 5.11. The molecule has 0 amide bonds. The van der Waals surface area contributed by atoms with Crippen molar-refractivity contribution in [3.05, 3.63) is 59.9 Å². The van der Waals surface area contributed by atoms with E-state index >= 15 is 0 Å². The summed E-state index contributed by atoms with van der Waals surface area (Å²) in [6.45, 7) is 0.680. The first-order valence-electron chi connectivity index (χ1n) is 7.07. The van der Waals surface area contributed by atoms with E-state index in [1.54, 1.807) is 30.6 Å². The summed E-state index contributed by atoms with van der Waals surface area (Å²) < 4.78 is 4.91. The van der Waals surface area contributed by atoms with Gasteiger partial charge in [-0.1, -0.05) is 12.1 Å². The molecule has 5 nitrogen and oxygen atoms in total. The number of rotatable bonds is 6. The minimum atomic E-state index is -0.543. The van der Waals surface area contributed by atoms with E-state index in [4.69, 9.17) is 4.74 Å². The van der Waals surface area contributed by atoms with Gasteiger partial charge in [0.05, 0.1) is 7.11 Å². The third-order valence-corrected chi connectivity index (χ3v) is 3.55. The second kappa shape index (κ2) is 7.56. The van der Waals surface area contributed by atoms with Crippen molar-refractivity contribution >= 4 is 5.97 Å². The van der Waals surface area contributed by atoms with E-state index in [0.29, 0.717) is 12.1 Å². The Hall–Kier alpha value is -2.40. The molecule has 0 aliphatic rings. The fourth-order valence-corrected chi connectivity index (χ4v) is 2.36. The van der Waals surface area contributed by atoms with Crippen LogP contribution in [0.15, 0.2) is 48.8 Å². The van der Waals surface area contributed by atoms with E-state index in [0.717, 1.165) is 12.0 Å². The first kappa shape index (κ1) is 16.0. The van der Waals surface area contributed by atoms with Crippen LogP contribution in [-0.4, -0.2) is 41.7 Å². The van der Waals surface area contributed by atoms with Crippen LogP contribution in [0.25, 0.3) is 0 Å². The van der Waals surface area contributed by atoms with Gasteiger partial charge in [-0.2, -0.15) is 0 Å². The maximum absolute atomic E-state index is 12.1. The average Bonchev–Trinajstić information content (AvgIpc) is 2.54. The molecule has 1 aromatic heterocycles. The molecule has 0 aliphatic heterocycles. The zero-order valence-electron chi connectivity index (χ0n) is 12.8. The van der Waals surface area contributed by atoms with Crippen molar-refractivity contribution < 1.29 is 14.6 Å². The number of pyridine rings is 1. The molecule has 2 rings (SSSR count). The maximum atomic E-state index is 12.1. The number of phenols is 1. The number of ether oxygens (including phenoxy) is 1. The quantitative estimate of drug-likeness (QED) is 0.828. The van der Waals surface area contributed by atoms with E-state index < -0.39 is 6.04 Å². The molecule has 116 valence electrons. The molecule has 0 bridgehead atoms. The maximum Gasteiger partial charge on any atom is 0.327 e. The largest absolute Gasteiger partial charge is 0.508 e. The van der Waals surface area contributed by atoms with Gasteiger partial charge in [-0.05, 0) is 48.9 Å². The Balaban J connectivity index is 2.13. The number of phenolic OH excluding ortho intramolecular Hbond substituents is 1. The number of hydrogen-bond donors (Lipinski definition) is 1. The molecular weight excluding hydrogens is 280 g/mol. The van der Waals surface area contributed by atoms with Gasteiger partial charge in [0.15, 0.2) is 0 Å². The number of carbonyl (C=O) groups excluding carboxylic acids is 1. The smallest absolute Gasteiger partial charge is 0.327 e.